The molecule has 0 saturated carbocycles. The van der Waals surface area contributed by atoms with Crippen LogP contribution in [-0.4, -0.2) is 112 Å². The highest BCUT2D eigenvalue weighted by atomic mass is 32.1. The number of carboxylic acids is 2. The summed E-state index contributed by atoms with van der Waals surface area (Å²) < 4.78 is 47.5. The van der Waals surface area contributed by atoms with Crippen LogP contribution in [0.4, 0.5) is 0 Å². The van der Waals surface area contributed by atoms with Crippen molar-refractivity contribution in [1.82, 2.24) is 0 Å². The Morgan fingerprint density at radius 2 is 0.829 bits per heavy atom. The molecule has 4 aromatic carbocycles. The minimum atomic E-state index is -1.00. The summed E-state index contributed by atoms with van der Waals surface area (Å²) in [5.41, 5.74) is 0. The molecule has 0 saturated heterocycles. The molecule has 0 unspecified atom stereocenters. The molecule has 22 heteroatoms. The van der Waals surface area contributed by atoms with E-state index in [0.717, 1.165) is 40.3 Å². The number of Topliss-reactive ketones (excluding diaryl/α,β-unsaturated/α-hetero) is 4. The lowest BCUT2D eigenvalue weighted by Crippen LogP contribution is -2.16. The van der Waals surface area contributed by atoms with E-state index in [1.165, 1.54) is 73.6 Å². The molecule has 0 amide bonds. The zero-order valence-electron chi connectivity index (χ0n) is 45.8. The lowest BCUT2D eigenvalue weighted by Gasteiger charge is -2.11. The molecule has 2 atom stereocenters. The van der Waals surface area contributed by atoms with Crippen molar-refractivity contribution in [1.29, 1.82) is 0 Å². The number of ketones is 4. The van der Waals surface area contributed by atoms with Gasteiger partial charge in [0.15, 0.2) is 46.1 Å². The minimum Gasteiger partial charge on any atom is -0.493 e. The van der Waals surface area contributed by atoms with Gasteiger partial charge in [0.25, 0.3) is 0 Å². The molecule has 0 spiro atoms. The Morgan fingerprint density at radius 1 is 0.427 bits per heavy atom. The maximum atomic E-state index is 12.7. The van der Waals surface area contributed by atoms with Gasteiger partial charge in [0.05, 0.1) is 99.1 Å². The number of aliphatic carboxylic acids is 2. The molecular weight excluding hydrogens is 1140 g/mol. The minimum absolute atomic E-state index is 0.0268. The first kappa shape index (κ1) is 61.7. The van der Waals surface area contributed by atoms with Gasteiger partial charge in [-0.25, -0.2) is 0 Å². The lowest BCUT2D eigenvalue weighted by atomic mass is 10.0. The summed E-state index contributed by atoms with van der Waals surface area (Å²) in [5, 5.41) is 21.4. The van der Waals surface area contributed by atoms with Crippen molar-refractivity contribution in [3.8, 4) is 34.5 Å². The molecular formula is C60H60O18S4. The summed E-state index contributed by atoms with van der Waals surface area (Å²) >= 11 is 5.33. The van der Waals surface area contributed by atoms with E-state index in [0.29, 0.717) is 93.3 Å². The fraction of sp³-hybridized carbons (Fsp3) is 0.333. The van der Waals surface area contributed by atoms with E-state index in [-0.39, 0.29) is 61.7 Å². The summed E-state index contributed by atoms with van der Waals surface area (Å²) in [4.78, 5) is 96.9. The monoisotopic (exact) mass is 1200 g/mol. The molecule has 8 rings (SSSR count). The molecule has 4 aromatic heterocycles. The SMILES string of the molecule is COC(=O)CCC(=O)c1cc2ccc(OCCCOc3cc4cc(C(=O)C[C@H](C)C(=O)OC)sc4cc3OC)cc2s1.COc1cc2sc(C(=O)C[C@H](C)C(=O)O)cc2cc1OCCCOc1ccc2cc(C(=O)CCC(=O)O)sc2c1. The standard InChI is InChI=1S/C31H32O9S2.C29H28O9S2/c1-18(31(35)38-4)12-23(33)29-15-20-13-25(24(36-2)17-27(20)42-29)40-11-5-10-39-21-7-6-19-14-28(41-26(19)16-21)22(32)8-9-30(34)37-3;1-16(29(34)35)10-21(31)27-13-18-11-23(22(36-2)15-25(18)40-27)38-9-3-8-37-19-5-4-17-12-26(39-24(17)14-19)20(30)6-7-28(32)33/h6-7,13-18H,5,8-12H2,1-4H3;4-5,11-16H,3,6-10H2,1-2H3,(H,32,33)(H,34,35)/t18-;16-/m00/s1. The van der Waals surface area contributed by atoms with Gasteiger partial charge in [-0.1, -0.05) is 13.8 Å². The Kier molecular flexibility index (Phi) is 22.0. The van der Waals surface area contributed by atoms with Gasteiger partial charge in [-0.15, -0.1) is 45.3 Å². The Labute approximate surface area is 487 Å². The van der Waals surface area contributed by atoms with E-state index in [4.69, 9.17) is 43.4 Å². The molecule has 0 bridgehead atoms. The van der Waals surface area contributed by atoms with Gasteiger partial charge in [-0.3, -0.25) is 38.4 Å². The summed E-state index contributed by atoms with van der Waals surface area (Å²) in [6.45, 7) is 4.74. The third-order valence-corrected chi connectivity index (χ3v) is 17.2. The molecule has 82 heavy (non-hydrogen) atoms. The number of thiophene rings is 4. The first-order valence-corrected chi connectivity index (χ1v) is 29.2. The van der Waals surface area contributed by atoms with Crippen LogP contribution in [0.2, 0.25) is 0 Å². The van der Waals surface area contributed by atoms with Gasteiger partial charge < -0.3 is 48.1 Å². The van der Waals surface area contributed by atoms with Gasteiger partial charge in [0.2, 0.25) is 0 Å². The summed E-state index contributed by atoms with van der Waals surface area (Å²) in [5.74, 6) is -1.14. The summed E-state index contributed by atoms with van der Waals surface area (Å²) in [6, 6.07) is 25.7. The average Bonchev–Trinajstić information content (AvgIpc) is 4.45. The number of benzene rings is 4. The molecule has 0 aliphatic rings. The van der Waals surface area contributed by atoms with Crippen LogP contribution in [0.1, 0.15) is 104 Å². The van der Waals surface area contributed by atoms with Crippen molar-refractivity contribution >= 4 is 133 Å². The zero-order valence-corrected chi connectivity index (χ0v) is 49.0. The number of carboxylic acid groups (broad SMARTS) is 2. The number of carbonyl (C=O) groups excluding carboxylic acids is 6. The van der Waals surface area contributed by atoms with Crippen molar-refractivity contribution in [3.63, 3.8) is 0 Å². The predicted molar refractivity (Wildman–Crippen MR) is 314 cm³/mol. The van der Waals surface area contributed by atoms with Gasteiger partial charge in [-0.2, -0.15) is 0 Å². The fourth-order valence-corrected chi connectivity index (χ4v) is 12.3. The second-order valence-electron chi connectivity index (χ2n) is 18.8. The van der Waals surface area contributed by atoms with Crippen LogP contribution in [0.25, 0.3) is 40.3 Å². The highest BCUT2D eigenvalue weighted by Crippen LogP contribution is 2.39. The Balaban J connectivity index is 0.000000236. The maximum absolute atomic E-state index is 12.7. The second-order valence-corrected chi connectivity index (χ2v) is 23.1. The van der Waals surface area contributed by atoms with Crippen molar-refractivity contribution in [2.24, 2.45) is 11.8 Å². The van der Waals surface area contributed by atoms with E-state index in [1.54, 1.807) is 38.3 Å². The van der Waals surface area contributed by atoms with Crippen molar-refractivity contribution in [2.75, 3.05) is 54.9 Å². The van der Waals surface area contributed by atoms with Gasteiger partial charge in [0.1, 0.15) is 11.5 Å². The van der Waals surface area contributed by atoms with Gasteiger partial charge >= 0.3 is 23.9 Å². The molecule has 4 heterocycles. The average molecular weight is 1200 g/mol. The highest BCUT2D eigenvalue weighted by molar-refractivity contribution is 7.22. The van der Waals surface area contributed by atoms with Crippen molar-refractivity contribution in [3.05, 3.63) is 104 Å². The Morgan fingerprint density at radius 3 is 1.24 bits per heavy atom. The van der Waals surface area contributed by atoms with Crippen LogP contribution in [0.5, 0.6) is 34.5 Å². The molecule has 0 fully saturated rings. The first-order chi connectivity index (χ1) is 39.4. The number of ether oxygens (including phenoxy) is 8. The van der Waals surface area contributed by atoms with E-state index in [2.05, 4.69) is 4.74 Å². The second kappa shape index (κ2) is 29.2. The van der Waals surface area contributed by atoms with Crippen LogP contribution in [0, 0.1) is 11.8 Å². The molecule has 0 radical (unpaired) electrons. The predicted octanol–water partition coefficient (Wildman–Crippen LogP) is 12.8. The Bertz CT molecular complexity index is 3640. The smallest absolute Gasteiger partial charge is 0.308 e. The van der Waals surface area contributed by atoms with Crippen LogP contribution < -0.4 is 28.4 Å². The Hall–Kier alpha value is -7.92. The summed E-state index contributed by atoms with van der Waals surface area (Å²) in [6.07, 6.45) is 1.17. The molecule has 0 aliphatic heterocycles. The maximum Gasteiger partial charge on any atom is 0.308 e. The van der Waals surface area contributed by atoms with E-state index >= 15 is 0 Å². The number of methoxy groups -OCH3 is 4. The van der Waals surface area contributed by atoms with Gasteiger partial charge in [0, 0.05) is 69.5 Å². The number of hydrogen-bond acceptors (Lipinski definition) is 20. The number of rotatable bonds is 30. The number of carbonyl (C=O) groups is 8. The summed E-state index contributed by atoms with van der Waals surface area (Å²) in [7, 11) is 5.72. The largest absolute Gasteiger partial charge is 0.493 e. The topological polar surface area (TPSA) is 251 Å². The molecule has 8 aromatic rings. The van der Waals surface area contributed by atoms with Crippen molar-refractivity contribution in [2.45, 2.75) is 65.2 Å². The number of fused-ring (bicyclic) bond motifs is 4. The highest BCUT2D eigenvalue weighted by Gasteiger charge is 2.23. The first-order valence-electron chi connectivity index (χ1n) is 25.9. The fourth-order valence-electron chi connectivity index (χ4n) is 8.17. The van der Waals surface area contributed by atoms with E-state index < -0.39 is 35.7 Å². The van der Waals surface area contributed by atoms with Crippen LogP contribution >= 0.6 is 45.3 Å². The van der Waals surface area contributed by atoms with Gasteiger partial charge in [-0.05, 0) is 94.3 Å². The molecule has 0 aliphatic carbocycles. The molecule has 432 valence electrons. The third-order valence-electron chi connectivity index (χ3n) is 12.7. The number of hydrogen-bond donors (Lipinski definition) is 2. The van der Waals surface area contributed by atoms with Crippen LogP contribution in [0.15, 0.2) is 84.9 Å². The quantitative estimate of drug-likeness (QED) is 0.0241. The van der Waals surface area contributed by atoms with Crippen molar-refractivity contribution < 1.29 is 86.5 Å². The third kappa shape index (κ3) is 16.6. The number of esters is 2. The van der Waals surface area contributed by atoms with Crippen LogP contribution in [0.3, 0.4) is 0 Å². The van der Waals surface area contributed by atoms with E-state index in [1.807, 2.05) is 60.7 Å². The molecule has 2 N–H and O–H groups in total. The van der Waals surface area contributed by atoms with E-state index in [9.17, 15) is 38.4 Å². The lowest BCUT2D eigenvalue weighted by molar-refractivity contribution is -0.145. The zero-order chi connectivity index (χ0) is 59.0. The van der Waals surface area contributed by atoms with Crippen LogP contribution in [-0.2, 0) is 28.7 Å². The normalized spacial score (nSPS) is 11.8. The molecule has 18 nitrogen and oxygen atoms in total.